The number of hydrogen-bond donors (Lipinski definition) is 7. The van der Waals surface area contributed by atoms with E-state index in [1.165, 1.54) is 40.9 Å². The van der Waals surface area contributed by atoms with Crippen molar-refractivity contribution in [1.29, 1.82) is 0 Å². The Morgan fingerprint density at radius 2 is 1.16 bits per heavy atom. The summed E-state index contributed by atoms with van der Waals surface area (Å²) in [5, 5.41) is 21.4. The zero-order valence-electron chi connectivity index (χ0n) is 44.3. The van der Waals surface area contributed by atoms with E-state index in [9.17, 15) is 33.6 Å². The molecule has 31 heteroatoms. The number of pyridine rings is 3. The van der Waals surface area contributed by atoms with Crippen molar-refractivity contribution in [2.24, 2.45) is 14.1 Å². The van der Waals surface area contributed by atoms with Gasteiger partial charge in [0.1, 0.15) is 58.4 Å². The monoisotopic (exact) mass is 1150 g/mol. The van der Waals surface area contributed by atoms with Crippen molar-refractivity contribution in [3.63, 3.8) is 0 Å². The van der Waals surface area contributed by atoms with Gasteiger partial charge in [-0.05, 0) is 64.1 Å². The number of aromatic amines is 1. The van der Waals surface area contributed by atoms with Crippen LogP contribution in [0.1, 0.15) is 71.6 Å². The molecule has 0 spiro atoms. The van der Waals surface area contributed by atoms with Gasteiger partial charge in [0.25, 0.3) is 5.56 Å². The van der Waals surface area contributed by atoms with Gasteiger partial charge in [-0.25, -0.2) is 19.9 Å². The number of carbonyl (C=O) groups excluding carboxylic acids is 6. The minimum absolute atomic E-state index is 0. The van der Waals surface area contributed by atoms with Gasteiger partial charge in [-0.3, -0.25) is 42.9 Å². The SMILES string of the molecule is CC(=O)c1c(Cl)cc(Cl)nc1N.CC(=O)c1c(O)cc(=O)[nH]c1N.COC(=O)CC(=O)CC(C)=O.COc1c(N)cccc1-c1ncn(C)n1.COc1c(Nc2cc(Cl)nc(N)c2C(C)=O)cccc1-c1ncn(C)n1.O.[Li+].[OH-]. The van der Waals surface area contributed by atoms with Crippen LogP contribution in [0.3, 0.4) is 0 Å². The topological polar surface area (TPSA) is 448 Å². The molecule has 0 saturated heterocycles. The van der Waals surface area contributed by atoms with E-state index in [0.29, 0.717) is 45.8 Å². The van der Waals surface area contributed by atoms with Crippen LogP contribution in [0.5, 0.6) is 17.2 Å². The number of aromatic nitrogens is 9. The number of nitrogens with two attached hydrogens (primary N) is 4. The molecule has 5 heterocycles. The van der Waals surface area contributed by atoms with Gasteiger partial charge >= 0.3 is 24.8 Å². The third-order valence-electron chi connectivity index (χ3n) is 9.53. The Bertz CT molecular complexity index is 3290. The number of rotatable bonds is 13. The van der Waals surface area contributed by atoms with Crippen molar-refractivity contribution in [3.8, 4) is 40.0 Å². The molecule has 27 nitrogen and oxygen atoms in total. The molecule has 2 aromatic carbocycles. The molecular weight excluding hydrogens is 1090 g/mol. The van der Waals surface area contributed by atoms with Gasteiger partial charge < -0.3 is 63.5 Å². The van der Waals surface area contributed by atoms with E-state index in [0.717, 1.165) is 11.6 Å². The molecule has 7 rings (SSSR count). The first-order chi connectivity index (χ1) is 35.7. The van der Waals surface area contributed by atoms with E-state index in [2.05, 4.69) is 45.2 Å². The van der Waals surface area contributed by atoms with E-state index in [-0.39, 0.29) is 121 Å². The van der Waals surface area contributed by atoms with Gasteiger partial charge in [-0.2, -0.15) is 10.2 Å². The van der Waals surface area contributed by atoms with Crippen LogP contribution >= 0.6 is 34.8 Å². The maximum Gasteiger partial charge on any atom is 1.00 e. The molecule has 0 aliphatic rings. The number of aromatic hydroxyl groups is 1. The maximum atomic E-state index is 12.0. The van der Waals surface area contributed by atoms with Gasteiger partial charge in [-0.15, -0.1) is 0 Å². The average Bonchev–Trinajstić information content (AvgIpc) is 3.95. The van der Waals surface area contributed by atoms with Crippen LogP contribution in [0.15, 0.2) is 72.0 Å². The number of H-pyrrole nitrogens is 1. The van der Waals surface area contributed by atoms with Gasteiger partial charge in [0.15, 0.2) is 46.3 Å². The number of halogens is 3. The Morgan fingerprint density at radius 1 is 0.684 bits per heavy atom. The summed E-state index contributed by atoms with van der Waals surface area (Å²) in [5.74, 6) is -0.152. The van der Waals surface area contributed by atoms with Crippen LogP contribution in [-0.2, 0) is 33.2 Å². The standard InChI is InChI=1S/C17H17ClN6O2.C10H12N4O.C7H6Cl2N2O.C7H8N2O3.C7H10O4.Li.2H2O/c1-9(25)14-12(7-13(18)22-16(14)19)21-11-6-4-5-10(15(11)26-3)17-20-8-24(2)23-17;1-14-6-12-10(13-14)7-4-3-5-8(11)9(7)15-2;1-3(12)6-4(8)2-5(9)11-7(6)10;1-3(10)6-4(11)2-5(12)9-7(6)8;1-5(8)3-6(9)4-7(10)11-2;;;/h4-8H,1-3H3,(H3,19,21,22);3-6H,11H2,1-2H3;2H,1H3,(H2,10,11);2H,1H3,(H4,8,9,11,12);3-4H2,1-2H3;;2*1H2/q;;;;;+1;;/p-1. The first kappa shape index (κ1) is 70.6. The normalized spacial score (nSPS) is 9.67. The first-order valence-corrected chi connectivity index (χ1v) is 22.8. The van der Waals surface area contributed by atoms with E-state index in [1.807, 2.05) is 31.3 Å². The summed E-state index contributed by atoms with van der Waals surface area (Å²) in [5.41, 5.74) is 25.4. The second-order valence-electron chi connectivity index (χ2n) is 15.5. The Morgan fingerprint density at radius 3 is 1.59 bits per heavy atom. The van der Waals surface area contributed by atoms with Crippen molar-refractivity contribution in [1.82, 2.24) is 44.5 Å². The number of anilines is 6. The number of esters is 1. The summed E-state index contributed by atoms with van der Waals surface area (Å²) >= 11 is 17.2. The van der Waals surface area contributed by atoms with E-state index in [4.69, 9.17) is 72.3 Å². The summed E-state index contributed by atoms with van der Waals surface area (Å²) in [6.45, 7) is 5.34. The van der Waals surface area contributed by atoms with Gasteiger partial charge in [0, 0.05) is 20.2 Å². The van der Waals surface area contributed by atoms with Crippen LogP contribution < -0.4 is 62.1 Å². The predicted molar refractivity (Wildman–Crippen MR) is 292 cm³/mol. The number of para-hydroxylation sites is 2. The molecule has 5 aromatic heterocycles. The molecule has 0 aliphatic carbocycles. The van der Waals surface area contributed by atoms with Crippen LogP contribution in [-0.4, -0.2) is 117 Å². The molecule has 0 fully saturated rings. The summed E-state index contributed by atoms with van der Waals surface area (Å²) in [6.07, 6.45) is 2.75. The van der Waals surface area contributed by atoms with Crippen LogP contribution in [0.4, 0.5) is 34.5 Å². The van der Waals surface area contributed by atoms with Crippen LogP contribution in [0, 0.1) is 0 Å². The minimum atomic E-state index is -0.601. The van der Waals surface area contributed by atoms with Gasteiger partial charge in [-0.1, -0.05) is 46.9 Å². The summed E-state index contributed by atoms with van der Waals surface area (Å²) in [4.78, 5) is 94.2. The number of methoxy groups -OCH3 is 3. The zero-order valence-corrected chi connectivity index (χ0v) is 46.5. The average molecular weight is 1150 g/mol. The fraction of sp³-hybridized carbons (Fsp3) is 0.229. The largest absolute Gasteiger partial charge is 1.00 e. The van der Waals surface area contributed by atoms with Gasteiger partial charge in [0.05, 0.1) is 77.7 Å². The number of nitrogen functional groups attached to an aromatic ring is 4. The molecule has 0 saturated carbocycles. The Hall–Kier alpha value is -8.42. The molecule has 0 unspecified atom stereocenters. The minimum Gasteiger partial charge on any atom is -0.870 e. The van der Waals surface area contributed by atoms with Crippen molar-refractivity contribution < 1.29 is 77.9 Å². The van der Waals surface area contributed by atoms with Crippen molar-refractivity contribution in [2.45, 2.75) is 40.5 Å². The number of nitrogens with zero attached hydrogens (tertiary/aromatic N) is 8. The number of Topliss-reactive ketones (excluding diaryl/α,β-unsaturated/α-hetero) is 5. The van der Waals surface area contributed by atoms with Gasteiger partial charge in [0.2, 0.25) is 0 Å². The number of carbonyl (C=O) groups is 6. The molecule has 0 atom stereocenters. The van der Waals surface area contributed by atoms with Crippen LogP contribution in [0.25, 0.3) is 22.8 Å². The van der Waals surface area contributed by atoms with E-state index >= 15 is 0 Å². The second kappa shape index (κ2) is 33.0. The third kappa shape index (κ3) is 20.8. The summed E-state index contributed by atoms with van der Waals surface area (Å²) in [6, 6.07) is 14.8. The van der Waals surface area contributed by atoms with Crippen molar-refractivity contribution >= 4 is 104 Å². The molecule has 0 amide bonds. The molecule has 7 aromatic rings. The molecule has 0 bridgehead atoms. The quantitative estimate of drug-likeness (QED) is 0.0217. The smallest absolute Gasteiger partial charge is 0.870 e. The number of ketones is 5. The third-order valence-corrected chi connectivity index (χ3v) is 10.2. The molecule has 14 N–H and O–H groups in total. The van der Waals surface area contributed by atoms with Crippen LogP contribution in [0.2, 0.25) is 15.3 Å². The fourth-order valence-corrected chi connectivity index (χ4v) is 7.21. The Balaban J connectivity index is 0.00000100. The first-order valence-electron chi connectivity index (χ1n) is 21.7. The molecule has 79 heavy (non-hydrogen) atoms. The molecule has 418 valence electrons. The predicted octanol–water partition coefficient (Wildman–Crippen LogP) is 2.28. The molecule has 0 aliphatic heterocycles. The fourth-order valence-electron chi connectivity index (χ4n) is 6.42. The maximum absolute atomic E-state index is 12.0. The Kier molecular flexibility index (Phi) is 29.5. The molecular formula is C48H56Cl3LiN14O13. The van der Waals surface area contributed by atoms with E-state index < -0.39 is 17.3 Å². The van der Waals surface area contributed by atoms with E-state index in [1.54, 1.807) is 61.5 Å². The molecule has 0 radical (unpaired) electrons. The number of benzene rings is 2. The second-order valence-corrected chi connectivity index (χ2v) is 16.7. The number of nitrogens with one attached hydrogen (secondary N) is 2. The zero-order chi connectivity index (χ0) is 57.1. The number of aryl methyl sites for hydroxylation is 2. The Labute approximate surface area is 478 Å². The van der Waals surface area contributed by atoms with Crippen molar-refractivity contribution in [2.75, 3.05) is 49.6 Å². The number of ether oxygens (including phenoxy) is 3. The summed E-state index contributed by atoms with van der Waals surface area (Å²) in [7, 11) is 7.93. The number of hydrogen-bond acceptors (Lipinski definition) is 23. The summed E-state index contributed by atoms with van der Waals surface area (Å²) < 4.78 is 18.3. The van der Waals surface area contributed by atoms with Crippen molar-refractivity contribution in [3.05, 3.63) is 110 Å².